The number of carbonyl (C=O) groups is 1. The molecule has 0 radical (unpaired) electrons. The maximum absolute atomic E-state index is 13.3. The van der Waals surface area contributed by atoms with Gasteiger partial charge in [-0.15, -0.1) is 12.4 Å². The number of carbonyl (C=O) groups excluding carboxylic acids is 1. The zero-order valence-electron chi connectivity index (χ0n) is 12.5. The number of nitrogens with zero attached hydrogens (tertiary/aromatic N) is 1. The molecule has 2 unspecified atom stereocenters. The molecule has 23 heavy (non-hydrogen) atoms. The quantitative estimate of drug-likeness (QED) is 0.868. The number of ether oxygens (including phenoxy) is 2. The van der Waals surface area contributed by atoms with Crippen molar-refractivity contribution in [2.24, 2.45) is 0 Å². The highest BCUT2D eigenvalue weighted by Gasteiger charge is 2.31. The summed E-state index contributed by atoms with van der Waals surface area (Å²) < 4.78 is 24.3. The smallest absolute Gasteiger partial charge is 0.242 e. The van der Waals surface area contributed by atoms with Crippen LogP contribution in [-0.2, 0) is 14.3 Å². The fourth-order valence-corrected chi connectivity index (χ4v) is 2.90. The highest BCUT2D eigenvalue weighted by Crippen LogP contribution is 2.26. The Morgan fingerprint density at radius 3 is 2.91 bits per heavy atom. The first-order valence-corrected chi connectivity index (χ1v) is 7.69. The van der Waals surface area contributed by atoms with Crippen LogP contribution in [0, 0.1) is 5.82 Å². The Bertz CT molecular complexity index is 556. The van der Waals surface area contributed by atoms with Crippen LogP contribution < -0.4 is 5.32 Å². The molecule has 1 amide bonds. The molecule has 1 aromatic carbocycles. The molecule has 2 fully saturated rings. The summed E-state index contributed by atoms with van der Waals surface area (Å²) in [6.07, 6.45) is -0.291. The molecule has 2 aliphatic heterocycles. The van der Waals surface area contributed by atoms with Crippen LogP contribution in [-0.4, -0.2) is 56.3 Å². The van der Waals surface area contributed by atoms with Gasteiger partial charge in [0.25, 0.3) is 0 Å². The van der Waals surface area contributed by atoms with Crippen molar-refractivity contribution < 1.29 is 18.7 Å². The van der Waals surface area contributed by atoms with E-state index in [0.717, 1.165) is 5.56 Å². The molecule has 2 aliphatic rings. The van der Waals surface area contributed by atoms with Gasteiger partial charge in [0.15, 0.2) is 0 Å². The predicted octanol–water partition coefficient (Wildman–Crippen LogP) is 1.79. The number of halogens is 3. The Morgan fingerprint density at radius 2 is 2.22 bits per heavy atom. The zero-order valence-corrected chi connectivity index (χ0v) is 14.0. The van der Waals surface area contributed by atoms with Crippen molar-refractivity contribution in [1.29, 1.82) is 0 Å². The average molecular weight is 365 g/mol. The van der Waals surface area contributed by atoms with Crippen molar-refractivity contribution in [2.45, 2.75) is 12.1 Å². The van der Waals surface area contributed by atoms with E-state index in [1.807, 2.05) is 0 Å². The van der Waals surface area contributed by atoms with Gasteiger partial charge >= 0.3 is 0 Å². The maximum atomic E-state index is 13.3. The van der Waals surface area contributed by atoms with Crippen LogP contribution in [0.5, 0.6) is 0 Å². The topological polar surface area (TPSA) is 50.8 Å². The Balaban J connectivity index is 0.00000192. The summed E-state index contributed by atoms with van der Waals surface area (Å²) in [6.45, 7) is 3.12. The Morgan fingerprint density at radius 1 is 1.39 bits per heavy atom. The third kappa shape index (κ3) is 4.33. The fourth-order valence-electron chi connectivity index (χ4n) is 2.71. The molecule has 0 saturated carbocycles. The van der Waals surface area contributed by atoms with Crippen molar-refractivity contribution in [2.75, 3.05) is 39.5 Å². The van der Waals surface area contributed by atoms with Crippen LogP contribution in [0.25, 0.3) is 0 Å². The van der Waals surface area contributed by atoms with Crippen LogP contribution in [0.3, 0.4) is 0 Å². The first-order chi connectivity index (χ1) is 10.6. The van der Waals surface area contributed by atoms with Crippen LogP contribution in [0.2, 0.25) is 5.02 Å². The van der Waals surface area contributed by atoms with E-state index < -0.39 is 5.82 Å². The second-order valence-corrected chi connectivity index (χ2v) is 5.81. The average Bonchev–Trinajstić information content (AvgIpc) is 2.57. The second kappa shape index (κ2) is 8.26. The lowest BCUT2D eigenvalue weighted by atomic mass is 10.1. The summed E-state index contributed by atoms with van der Waals surface area (Å²) in [7, 11) is 0. The lowest BCUT2D eigenvalue weighted by molar-refractivity contribution is -0.144. The van der Waals surface area contributed by atoms with Gasteiger partial charge in [-0.3, -0.25) is 4.79 Å². The minimum atomic E-state index is -0.460. The Labute approximate surface area is 145 Å². The van der Waals surface area contributed by atoms with Gasteiger partial charge < -0.3 is 19.7 Å². The van der Waals surface area contributed by atoms with Gasteiger partial charge in [0.2, 0.25) is 5.91 Å². The molecule has 0 bridgehead atoms. The van der Waals surface area contributed by atoms with Crippen molar-refractivity contribution in [3.05, 3.63) is 34.6 Å². The van der Waals surface area contributed by atoms with Gasteiger partial charge in [-0.25, -0.2) is 4.39 Å². The molecule has 2 heterocycles. The molecule has 8 heteroatoms. The van der Waals surface area contributed by atoms with Crippen molar-refractivity contribution in [3.8, 4) is 0 Å². The number of amides is 1. The Hall–Kier alpha value is -0.920. The molecule has 0 aliphatic carbocycles. The number of hydrogen-bond acceptors (Lipinski definition) is 4. The SMILES string of the molecule is Cl.O=C(C1COCCN1)N1CCOC(c2ccc(F)c(Cl)c2)C1. The van der Waals surface area contributed by atoms with E-state index >= 15 is 0 Å². The van der Waals surface area contributed by atoms with E-state index in [2.05, 4.69) is 5.32 Å². The lowest BCUT2D eigenvalue weighted by Gasteiger charge is -2.36. The van der Waals surface area contributed by atoms with Gasteiger partial charge in [-0.2, -0.15) is 0 Å². The van der Waals surface area contributed by atoms with E-state index in [4.69, 9.17) is 21.1 Å². The minimum Gasteiger partial charge on any atom is -0.378 e. The first kappa shape index (κ1) is 18.4. The highest BCUT2D eigenvalue weighted by atomic mass is 35.5. The number of nitrogens with one attached hydrogen (secondary N) is 1. The largest absolute Gasteiger partial charge is 0.378 e. The van der Waals surface area contributed by atoms with Gasteiger partial charge in [0.05, 0.1) is 31.4 Å². The Kier molecular flexibility index (Phi) is 6.61. The molecule has 5 nitrogen and oxygen atoms in total. The van der Waals surface area contributed by atoms with E-state index in [-0.39, 0.29) is 35.5 Å². The third-order valence-electron chi connectivity index (χ3n) is 3.91. The predicted molar refractivity (Wildman–Crippen MR) is 86.5 cm³/mol. The molecule has 1 aromatic rings. The van der Waals surface area contributed by atoms with E-state index in [1.54, 1.807) is 17.0 Å². The van der Waals surface area contributed by atoms with Gasteiger partial charge in [-0.05, 0) is 17.7 Å². The number of hydrogen-bond donors (Lipinski definition) is 1. The number of rotatable bonds is 2. The molecule has 128 valence electrons. The number of morpholine rings is 2. The van der Waals surface area contributed by atoms with Crippen LogP contribution in [0.1, 0.15) is 11.7 Å². The molecule has 0 spiro atoms. The third-order valence-corrected chi connectivity index (χ3v) is 4.20. The van der Waals surface area contributed by atoms with E-state index in [0.29, 0.717) is 39.5 Å². The van der Waals surface area contributed by atoms with E-state index in [1.165, 1.54) is 6.07 Å². The first-order valence-electron chi connectivity index (χ1n) is 7.31. The van der Waals surface area contributed by atoms with Gasteiger partial charge in [0, 0.05) is 13.1 Å². The monoisotopic (exact) mass is 364 g/mol. The normalized spacial score (nSPS) is 24.9. The van der Waals surface area contributed by atoms with Crippen LogP contribution >= 0.6 is 24.0 Å². The van der Waals surface area contributed by atoms with Gasteiger partial charge in [0.1, 0.15) is 18.0 Å². The zero-order chi connectivity index (χ0) is 15.5. The molecule has 1 N–H and O–H groups in total. The van der Waals surface area contributed by atoms with Gasteiger partial charge in [-0.1, -0.05) is 17.7 Å². The molecule has 3 rings (SSSR count). The fraction of sp³-hybridized carbons (Fsp3) is 0.533. The summed E-state index contributed by atoms with van der Waals surface area (Å²) in [5, 5.41) is 3.22. The molecule has 2 atom stereocenters. The van der Waals surface area contributed by atoms with Crippen LogP contribution in [0.4, 0.5) is 4.39 Å². The summed E-state index contributed by atoms with van der Waals surface area (Å²) >= 11 is 5.82. The maximum Gasteiger partial charge on any atom is 0.242 e. The number of benzene rings is 1. The second-order valence-electron chi connectivity index (χ2n) is 5.40. The van der Waals surface area contributed by atoms with Crippen molar-refractivity contribution in [1.82, 2.24) is 10.2 Å². The highest BCUT2D eigenvalue weighted by molar-refractivity contribution is 6.30. The standard InChI is InChI=1S/C15H18ClFN2O3.ClH/c16-11-7-10(1-2-12(11)17)14-8-19(4-6-22-14)15(20)13-9-21-5-3-18-13;/h1-2,7,13-14,18H,3-6,8-9H2;1H. The summed E-state index contributed by atoms with van der Waals surface area (Å²) in [4.78, 5) is 14.3. The molecule has 0 aromatic heterocycles. The summed E-state index contributed by atoms with van der Waals surface area (Å²) in [5.41, 5.74) is 0.775. The summed E-state index contributed by atoms with van der Waals surface area (Å²) in [5.74, 6) is -0.445. The van der Waals surface area contributed by atoms with Crippen molar-refractivity contribution in [3.63, 3.8) is 0 Å². The molecular formula is C15H19Cl2FN2O3. The van der Waals surface area contributed by atoms with Crippen LogP contribution in [0.15, 0.2) is 18.2 Å². The summed E-state index contributed by atoms with van der Waals surface area (Å²) in [6, 6.07) is 4.21. The van der Waals surface area contributed by atoms with E-state index in [9.17, 15) is 9.18 Å². The minimum absolute atomic E-state index is 0. The lowest BCUT2D eigenvalue weighted by Crippen LogP contribution is -2.55. The molecular weight excluding hydrogens is 346 g/mol. The molecule has 2 saturated heterocycles. The van der Waals surface area contributed by atoms with Crippen molar-refractivity contribution >= 4 is 29.9 Å².